The lowest BCUT2D eigenvalue weighted by molar-refractivity contribution is -0.116. The minimum absolute atomic E-state index is 0.0215. The number of amides is 1. The molecule has 4 aromatic rings. The summed E-state index contributed by atoms with van der Waals surface area (Å²) in [6, 6.07) is 25.7. The van der Waals surface area contributed by atoms with Gasteiger partial charge in [-0.05, 0) is 25.0 Å². The Morgan fingerprint density at radius 3 is 2.16 bits per heavy atom. The maximum Gasteiger partial charge on any atom is 0.226 e. The lowest BCUT2D eigenvalue weighted by Crippen LogP contribution is -2.13. The molecule has 0 radical (unpaired) electrons. The highest BCUT2D eigenvalue weighted by atomic mass is 32.1. The first-order valence-electron chi connectivity index (χ1n) is 10.5. The van der Waals surface area contributed by atoms with Crippen molar-refractivity contribution >= 4 is 28.2 Å². The van der Waals surface area contributed by atoms with Crippen LogP contribution in [0.3, 0.4) is 0 Å². The fourth-order valence-corrected chi connectivity index (χ4v) is 4.63. The zero-order valence-corrected chi connectivity index (χ0v) is 18.9. The van der Waals surface area contributed by atoms with E-state index in [2.05, 4.69) is 5.32 Å². The Morgan fingerprint density at radius 1 is 0.844 bits per heavy atom. The van der Waals surface area contributed by atoms with Gasteiger partial charge in [-0.3, -0.25) is 9.59 Å². The van der Waals surface area contributed by atoms with Crippen LogP contribution in [-0.2, 0) is 4.79 Å². The van der Waals surface area contributed by atoms with Gasteiger partial charge in [0, 0.05) is 24.0 Å². The van der Waals surface area contributed by atoms with Crippen molar-refractivity contribution in [2.24, 2.45) is 0 Å². The van der Waals surface area contributed by atoms with Crippen molar-refractivity contribution in [2.45, 2.75) is 26.7 Å². The molecule has 0 saturated heterocycles. The Kier molecular flexibility index (Phi) is 6.57. The first-order valence-corrected chi connectivity index (χ1v) is 11.3. The number of nitrogens with one attached hydrogen (secondary N) is 1. The molecule has 1 heterocycles. The van der Waals surface area contributed by atoms with Gasteiger partial charge in [-0.2, -0.15) is 0 Å². The minimum Gasteiger partial charge on any atom is -0.302 e. The van der Waals surface area contributed by atoms with Crippen LogP contribution in [0.5, 0.6) is 0 Å². The van der Waals surface area contributed by atoms with Gasteiger partial charge in [0.15, 0.2) is 10.9 Å². The third-order valence-corrected chi connectivity index (χ3v) is 6.24. The number of Topliss-reactive ketones (excluding diaryl/α,β-unsaturated/α-hetero) is 1. The molecule has 0 atom stereocenters. The Balaban J connectivity index is 1.50. The average Bonchev–Trinajstić information content (AvgIpc) is 3.22. The second kappa shape index (κ2) is 9.71. The third-order valence-electron chi connectivity index (χ3n) is 5.22. The summed E-state index contributed by atoms with van der Waals surface area (Å²) in [7, 11) is 0. The van der Waals surface area contributed by atoms with Crippen LogP contribution < -0.4 is 5.32 Å². The number of carbonyl (C=O) groups is 2. The van der Waals surface area contributed by atoms with Gasteiger partial charge in [0.1, 0.15) is 0 Å². The molecule has 1 aromatic heterocycles. The van der Waals surface area contributed by atoms with Crippen molar-refractivity contribution in [3.8, 4) is 21.7 Å². The monoisotopic (exact) mass is 440 g/mol. The molecule has 3 aromatic carbocycles. The summed E-state index contributed by atoms with van der Waals surface area (Å²) in [4.78, 5) is 30.9. The molecule has 1 amide bonds. The van der Waals surface area contributed by atoms with Gasteiger partial charge in [0.25, 0.3) is 0 Å². The van der Waals surface area contributed by atoms with Crippen LogP contribution in [0, 0.1) is 13.8 Å². The normalized spacial score (nSPS) is 10.7. The maximum absolute atomic E-state index is 12.6. The summed E-state index contributed by atoms with van der Waals surface area (Å²) >= 11 is 1.44. The molecule has 0 aliphatic heterocycles. The van der Waals surface area contributed by atoms with Gasteiger partial charge in [0.05, 0.1) is 10.6 Å². The van der Waals surface area contributed by atoms with Crippen LogP contribution in [0.2, 0.25) is 0 Å². The molecule has 32 heavy (non-hydrogen) atoms. The lowest BCUT2D eigenvalue weighted by Gasteiger charge is -2.06. The molecule has 4 nitrogen and oxygen atoms in total. The van der Waals surface area contributed by atoms with Crippen molar-refractivity contribution in [2.75, 3.05) is 5.32 Å². The Bertz CT molecular complexity index is 1190. The van der Waals surface area contributed by atoms with E-state index in [-0.39, 0.29) is 24.5 Å². The Hall–Kier alpha value is -3.57. The van der Waals surface area contributed by atoms with E-state index in [0.717, 1.165) is 32.8 Å². The van der Waals surface area contributed by atoms with Gasteiger partial charge in [-0.25, -0.2) is 4.98 Å². The zero-order chi connectivity index (χ0) is 22.5. The minimum atomic E-state index is -0.212. The van der Waals surface area contributed by atoms with E-state index in [1.807, 2.05) is 92.7 Å². The van der Waals surface area contributed by atoms with Gasteiger partial charge < -0.3 is 5.32 Å². The zero-order valence-electron chi connectivity index (χ0n) is 18.1. The molecule has 0 spiro atoms. The highest BCUT2D eigenvalue weighted by Gasteiger charge is 2.17. The molecule has 160 valence electrons. The maximum atomic E-state index is 12.6. The molecule has 0 aliphatic carbocycles. The second-order valence-electron chi connectivity index (χ2n) is 7.72. The number of thiazole rings is 1. The van der Waals surface area contributed by atoms with E-state index < -0.39 is 0 Å². The van der Waals surface area contributed by atoms with E-state index in [9.17, 15) is 9.59 Å². The largest absolute Gasteiger partial charge is 0.302 e. The number of rotatable bonds is 7. The van der Waals surface area contributed by atoms with Gasteiger partial charge in [-0.15, -0.1) is 0 Å². The quantitative estimate of drug-likeness (QED) is 0.326. The SMILES string of the molecule is Cc1ccc(C(=O)CCC(=O)Nc2nc(-c3ccccc3)c(-c3ccccc3)s2)c(C)c1. The number of anilines is 1. The highest BCUT2D eigenvalue weighted by Crippen LogP contribution is 2.38. The number of ketones is 1. The predicted octanol–water partition coefficient (Wildman–Crippen LogP) is 6.70. The van der Waals surface area contributed by atoms with Crippen LogP contribution in [0.4, 0.5) is 5.13 Å². The topological polar surface area (TPSA) is 59.1 Å². The van der Waals surface area contributed by atoms with Crippen molar-refractivity contribution in [3.05, 3.63) is 95.6 Å². The number of aryl methyl sites for hydroxylation is 2. The van der Waals surface area contributed by atoms with Crippen LogP contribution in [0.15, 0.2) is 78.9 Å². The van der Waals surface area contributed by atoms with Gasteiger partial charge >= 0.3 is 0 Å². The first-order chi connectivity index (χ1) is 15.5. The number of hydrogen-bond acceptors (Lipinski definition) is 4. The summed E-state index contributed by atoms with van der Waals surface area (Å²) in [5, 5.41) is 3.42. The second-order valence-corrected chi connectivity index (χ2v) is 8.72. The molecule has 5 heteroatoms. The van der Waals surface area contributed by atoms with Crippen molar-refractivity contribution in [3.63, 3.8) is 0 Å². The number of aromatic nitrogens is 1. The van der Waals surface area contributed by atoms with Crippen LogP contribution in [-0.4, -0.2) is 16.7 Å². The molecule has 0 unspecified atom stereocenters. The smallest absolute Gasteiger partial charge is 0.226 e. The lowest BCUT2D eigenvalue weighted by atomic mass is 9.99. The molecule has 0 fully saturated rings. The van der Waals surface area contributed by atoms with E-state index in [4.69, 9.17) is 4.98 Å². The number of carbonyl (C=O) groups excluding carboxylic acids is 2. The standard InChI is InChI=1S/C27H24N2O2S/c1-18-13-14-22(19(2)17-18)23(30)15-16-24(31)28-27-29-25(20-9-5-3-6-10-20)26(32-27)21-11-7-4-8-12-21/h3-14,17H,15-16H2,1-2H3,(H,28,29,31). The number of hydrogen-bond donors (Lipinski definition) is 1. The summed E-state index contributed by atoms with van der Waals surface area (Å²) in [6.07, 6.45) is 0.283. The predicted molar refractivity (Wildman–Crippen MR) is 131 cm³/mol. The molecule has 0 aliphatic rings. The number of nitrogens with zero attached hydrogens (tertiary/aromatic N) is 1. The average molecular weight is 441 g/mol. The fraction of sp³-hybridized carbons (Fsp3) is 0.148. The fourth-order valence-electron chi connectivity index (χ4n) is 3.62. The van der Waals surface area contributed by atoms with Crippen molar-refractivity contribution in [1.82, 2.24) is 4.98 Å². The molecule has 1 N–H and O–H groups in total. The molecule has 0 saturated carbocycles. The summed E-state index contributed by atoms with van der Waals surface area (Å²) in [5.41, 5.74) is 5.61. The van der Waals surface area contributed by atoms with Gasteiger partial charge in [0.2, 0.25) is 5.91 Å². The van der Waals surface area contributed by atoms with Crippen molar-refractivity contribution in [1.29, 1.82) is 0 Å². The molecular weight excluding hydrogens is 416 g/mol. The Morgan fingerprint density at radius 2 is 1.50 bits per heavy atom. The third kappa shape index (κ3) is 5.01. The van der Waals surface area contributed by atoms with Gasteiger partial charge in [-0.1, -0.05) is 95.8 Å². The van der Waals surface area contributed by atoms with E-state index in [1.165, 1.54) is 11.3 Å². The summed E-state index contributed by atoms with van der Waals surface area (Å²) in [6.45, 7) is 3.92. The van der Waals surface area contributed by atoms with E-state index >= 15 is 0 Å². The van der Waals surface area contributed by atoms with Crippen LogP contribution in [0.1, 0.15) is 34.3 Å². The number of benzene rings is 3. The first kappa shape index (κ1) is 21.7. The summed E-state index contributed by atoms with van der Waals surface area (Å²) < 4.78 is 0. The summed E-state index contributed by atoms with van der Waals surface area (Å²) in [5.74, 6) is -0.233. The molecule has 0 bridgehead atoms. The van der Waals surface area contributed by atoms with Crippen LogP contribution in [0.25, 0.3) is 21.7 Å². The van der Waals surface area contributed by atoms with Crippen molar-refractivity contribution < 1.29 is 9.59 Å². The molecular formula is C27H24N2O2S. The van der Waals surface area contributed by atoms with Crippen LogP contribution >= 0.6 is 11.3 Å². The Labute approximate surface area is 192 Å². The van der Waals surface area contributed by atoms with E-state index in [1.54, 1.807) is 0 Å². The molecule has 4 rings (SSSR count). The highest BCUT2D eigenvalue weighted by molar-refractivity contribution is 7.19. The van der Waals surface area contributed by atoms with E-state index in [0.29, 0.717) is 10.7 Å².